The highest BCUT2D eigenvalue weighted by molar-refractivity contribution is 6.09. The Morgan fingerprint density at radius 2 is 1.56 bits per heavy atom. The minimum absolute atomic E-state index is 0.0528. The van der Waals surface area contributed by atoms with Crippen LogP contribution in [-0.2, 0) is 9.59 Å². The molecule has 6 nitrogen and oxygen atoms in total. The molecule has 6 heteroatoms. The molecule has 36 heavy (non-hydrogen) atoms. The Bertz CT molecular complexity index is 1040. The smallest absolute Gasteiger partial charge is 0.325 e. The quantitative estimate of drug-likeness (QED) is 0.498. The molecule has 0 radical (unpaired) electrons. The predicted octanol–water partition coefficient (Wildman–Crippen LogP) is 5.24. The highest BCUT2D eigenvalue weighted by atomic mass is 16.2. The van der Waals surface area contributed by atoms with Crippen molar-refractivity contribution in [2.45, 2.75) is 77.3 Å². The molecule has 1 aliphatic carbocycles. The van der Waals surface area contributed by atoms with Crippen LogP contribution in [0.15, 0.2) is 60.7 Å². The van der Waals surface area contributed by atoms with E-state index in [0.29, 0.717) is 18.8 Å². The summed E-state index contributed by atoms with van der Waals surface area (Å²) in [5.41, 5.74) is 1.55. The van der Waals surface area contributed by atoms with E-state index in [-0.39, 0.29) is 35.7 Å². The van der Waals surface area contributed by atoms with Crippen molar-refractivity contribution in [1.29, 1.82) is 0 Å². The van der Waals surface area contributed by atoms with Crippen molar-refractivity contribution in [3.05, 3.63) is 71.8 Å². The molecule has 1 aliphatic heterocycles. The molecule has 0 aromatic heterocycles. The molecule has 2 aromatic rings. The highest BCUT2D eigenvalue weighted by Crippen LogP contribution is 2.45. The van der Waals surface area contributed by atoms with Crippen LogP contribution >= 0.6 is 0 Å². The van der Waals surface area contributed by atoms with Gasteiger partial charge in [0.2, 0.25) is 5.91 Å². The van der Waals surface area contributed by atoms with Crippen LogP contribution in [0.4, 0.5) is 4.79 Å². The molecule has 1 atom stereocenters. The van der Waals surface area contributed by atoms with Gasteiger partial charge >= 0.3 is 6.03 Å². The number of benzene rings is 2. The highest BCUT2D eigenvalue weighted by Gasteiger charge is 2.53. The summed E-state index contributed by atoms with van der Waals surface area (Å²) in [6.07, 6.45) is 4.15. The number of imide groups is 1. The summed E-state index contributed by atoms with van der Waals surface area (Å²) in [6, 6.07) is 19.4. The van der Waals surface area contributed by atoms with Crippen LogP contribution in [0.3, 0.4) is 0 Å². The maximum atomic E-state index is 13.4. The lowest BCUT2D eigenvalue weighted by atomic mass is 9.65. The number of amides is 4. The van der Waals surface area contributed by atoms with Gasteiger partial charge in [-0.1, -0.05) is 87.9 Å². The fourth-order valence-electron chi connectivity index (χ4n) is 5.96. The van der Waals surface area contributed by atoms with E-state index < -0.39 is 11.6 Å². The summed E-state index contributed by atoms with van der Waals surface area (Å²) < 4.78 is 0. The standard InChI is InChI=1S/C30H39N3O3/c1-5-29(3,4)24-16-18-30(19-17-24)27(35)33(28(36)32-30)20-25(34)31-21(2)26(22-12-8-6-9-13-22)23-14-10-7-11-15-23/h6-15,21,24,26H,5,16-20H2,1-4H3,(H,31,34)(H,32,36). The van der Waals surface area contributed by atoms with E-state index in [1.165, 1.54) is 0 Å². The zero-order chi connectivity index (χ0) is 25.9. The maximum absolute atomic E-state index is 13.4. The second-order valence-corrected chi connectivity index (χ2v) is 11.2. The molecule has 1 saturated carbocycles. The summed E-state index contributed by atoms with van der Waals surface area (Å²) in [5.74, 6) is -0.113. The van der Waals surface area contributed by atoms with Crippen LogP contribution < -0.4 is 10.6 Å². The van der Waals surface area contributed by atoms with Crippen molar-refractivity contribution in [1.82, 2.24) is 15.5 Å². The Morgan fingerprint density at radius 3 is 2.06 bits per heavy atom. The zero-order valence-electron chi connectivity index (χ0n) is 21.9. The summed E-state index contributed by atoms with van der Waals surface area (Å²) in [6.45, 7) is 8.46. The third-order valence-corrected chi connectivity index (χ3v) is 8.61. The second-order valence-electron chi connectivity index (χ2n) is 11.2. The first kappa shape index (κ1) is 25.9. The Labute approximate surface area is 214 Å². The molecule has 2 N–H and O–H groups in total. The van der Waals surface area contributed by atoms with Gasteiger partial charge in [-0.2, -0.15) is 0 Å². The van der Waals surface area contributed by atoms with Gasteiger partial charge in [0.05, 0.1) is 0 Å². The number of carbonyl (C=O) groups is 3. The van der Waals surface area contributed by atoms with E-state index in [9.17, 15) is 14.4 Å². The third kappa shape index (κ3) is 5.18. The molecule has 2 aliphatic rings. The van der Waals surface area contributed by atoms with Crippen LogP contribution in [-0.4, -0.2) is 40.9 Å². The monoisotopic (exact) mass is 489 g/mol. The van der Waals surface area contributed by atoms with E-state index in [0.717, 1.165) is 35.3 Å². The number of rotatable bonds is 8. The Balaban J connectivity index is 1.42. The SMILES string of the molecule is CCC(C)(C)C1CCC2(CC1)NC(=O)N(CC(=O)NC(C)C(c1ccccc1)c1ccccc1)C2=O. The van der Waals surface area contributed by atoms with Crippen molar-refractivity contribution < 1.29 is 14.4 Å². The second kappa shape index (κ2) is 10.5. The molecule has 192 valence electrons. The molecule has 4 amide bonds. The summed E-state index contributed by atoms with van der Waals surface area (Å²) in [5, 5.41) is 6.01. The van der Waals surface area contributed by atoms with Crippen molar-refractivity contribution in [2.24, 2.45) is 11.3 Å². The molecule has 2 fully saturated rings. The molecule has 1 unspecified atom stereocenters. The van der Waals surface area contributed by atoms with Crippen molar-refractivity contribution in [2.75, 3.05) is 6.54 Å². The van der Waals surface area contributed by atoms with Gasteiger partial charge in [-0.15, -0.1) is 0 Å². The normalized spacial score (nSPS) is 23.1. The topological polar surface area (TPSA) is 78.5 Å². The summed E-state index contributed by atoms with van der Waals surface area (Å²) in [7, 11) is 0. The molecule has 4 rings (SSSR count). The predicted molar refractivity (Wildman–Crippen MR) is 141 cm³/mol. The number of carbonyl (C=O) groups excluding carboxylic acids is 3. The number of nitrogens with zero attached hydrogens (tertiary/aromatic N) is 1. The van der Waals surface area contributed by atoms with Gasteiger partial charge < -0.3 is 10.6 Å². The van der Waals surface area contributed by atoms with E-state index >= 15 is 0 Å². The van der Waals surface area contributed by atoms with Crippen LogP contribution in [0.25, 0.3) is 0 Å². The first-order valence-corrected chi connectivity index (χ1v) is 13.2. The van der Waals surface area contributed by atoms with Gasteiger partial charge in [0.1, 0.15) is 12.1 Å². The lowest BCUT2D eigenvalue weighted by Gasteiger charge is -2.42. The van der Waals surface area contributed by atoms with E-state index in [1.807, 2.05) is 43.3 Å². The minimum Gasteiger partial charge on any atom is -0.351 e. The first-order valence-electron chi connectivity index (χ1n) is 13.2. The van der Waals surface area contributed by atoms with Gasteiger partial charge in [-0.3, -0.25) is 14.5 Å². The van der Waals surface area contributed by atoms with E-state index in [2.05, 4.69) is 55.7 Å². The average molecular weight is 490 g/mol. The number of hydrogen-bond acceptors (Lipinski definition) is 3. The van der Waals surface area contributed by atoms with Gasteiger partial charge in [0.15, 0.2) is 0 Å². The van der Waals surface area contributed by atoms with E-state index in [1.54, 1.807) is 0 Å². The summed E-state index contributed by atoms with van der Waals surface area (Å²) in [4.78, 5) is 40.4. The molecule has 0 bridgehead atoms. The average Bonchev–Trinajstić information content (AvgIpc) is 3.09. The van der Waals surface area contributed by atoms with Crippen LogP contribution in [0.5, 0.6) is 0 Å². The largest absolute Gasteiger partial charge is 0.351 e. The van der Waals surface area contributed by atoms with Gasteiger partial charge in [0, 0.05) is 12.0 Å². The lowest BCUT2D eigenvalue weighted by Crippen LogP contribution is -2.51. The first-order chi connectivity index (χ1) is 17.2. The summed E-state index contributed by atoms with van der Waals surface area (Å²) >= 11 is 0. The molecular weight excluding hydrogens is 450 g/mol. The lowest BCUT2D eigenvalue weighted by molar-refractivity contribution is -0.136. The Kier molecular flexibility index (Phi) is 7.53. The van der Waals surface area contributed by atoms with Gasteiger partial charge in [-0.25, -0.2) is 4.79 Å². The van der Waals surface area contributed by atoms with Gasteiger partial charge in [0.25, 0.3) is 5.91 Å². The Morgan fingerprint density at radius 1 is 1.03 bits per heavy atom. The van der Waals surface area contributed by atoms with Crippen molar-refractivity contribution in [3.8, 4) is 0 Å². The fourth-order valence-corrected chi connectivity index (χ4v) is 5.96. The zero-order valence-corrected chi connectivity index (χ0v) is 21.9. The molecular formula is C30H39N3O3. The number of urea groups is 1. The van der Waals surface area contributed by atoms with Crippen LogP contribution in [0.1, 0.15) is 76.8 Å². The maximum Gasteiger partial charge on any atom is 0.325 e. The van der Waals surface area contributed by atoms with Crippen molar-refractivity contribution in [3.63, 3.8) is 0 Å². The fraction of sp³-hybridized carbons (Fsp3) is 0.500. The number of nitrogens with one attached hydrogen (secondary N) is 2. The minimum atomic E-state index is -0.861. The van der Waals surface area contributed by atoms with Gasteiger partial charge in [-0.05, 0) is 55.1 Å². The molecule has 2 aromatic carbocycles. The van der Waals surface area contributed by atoms with Crippen molar-refractivity contribution >= 4 is 17.8 Å². The van der Waals surface area contributed by atoms with Crippen LogP contribution in [0.2, 0.25) is 0 Å². The third-order valence-electron chi connectivity index (χ3n) is 8.61. The molecule has 1 heterocycles. The van der Waals surface area contributed by atoms with Crippen LogP contribution in [0, 0.1) is 11.3 Å². The Hall–Kier alpha value is -3.15. The molecule has 1 saturated heterocycles. The molecule has 1 spiro atoms. The number of hydrogen-bond donors (Lipinski definition) is 2. The van der Waals surface area contributed by atoms with E-state index in [4.69, 9.17) is 0 Å².